The summed E-state index contributed by atoms with van der Waals surface area (Å²) in [4.78, 5) is 14.8. The molecule has 2 aromatic rings. The van der Waals surface area contributed by atoms with E-state index in [9.17, 15) is 4.79 Å². The molecule has 1 fully saturated rings. The summed E-state index contributed by atoms with van der Waals surface area (Å²) in [5.74, 6) is 0.638. The normalized spacial score (nSPS) is 15.9. The number of rotatable bonds is 5. The molecule has 0 atom stereocenters. The highest BCUT2D eigenvalue weighted by Gasteiger charge is 2.31. The topological polar surface area (TPSA) is 41.6 Å². The number of hydrogen-bond acceptors (Lipinski definition) is 5. The minimum absolute atomic E-state index is 0.0868. The second kappa shape index (κ2) is 7.51. The quantitative estimate of drug-likeness (QED) is 0.649. The van der Waals surface area contributed by atoms with Crippen molar-refractivity contribution >= 4 is 46.0 Å². The van der Waals surface area contributed by atoms with Crippen molar-refractivity contribution in [1.82, 2.24) is 4.90 Å². The van der Waals surface area contributed by atoms with E-state index in [0.717, 1.165) is 17.0 Å². The van der Waals surface area contributed by atoms with Crippen LogP contribution in [0.15, 0.2) is 59.5 Å². The number of benzene rings is 2. The summed E-state index contributed by atoms with van der Waals surface area (Å²) in [6.45, 7) is 0.303. The first-order valence-corrected chi connectivity index (χ1v) is 8.59. The molecule has 1 N–H and O–H groups in total. The fourth-order valence-corrected chi connectivity index (χ4v) is 3.55. The number of thiocarbonyl (C=S) groups is 1. The van der Waals surface area contributed by atoms with Crippen molar-refractivity contribution in [3.8, 4) is 5.75 Å². The highest BCUT2D eigenvalue weighted by molar-refractivity contribution is 8.26. The number of para-hydroxylation sites is 2. The van der Waals surface area contributed by atoms with Gasteiger partial charge < -0.3 is 10.1 Å². The standard InChI is InChI=1S/C18H16N2O2S2/c1-22-15-10-6-5-9-14(15)19-12-20-17(21)16(24-18(20)23)11-13-7-3-2-4-8-13/h2-11,19H,12H2,1H3/b16-11+. The lowest BCUT2D eigenvalue weighted by molar-refractivity contribution is -0.121. The molecule has 1 aliphatic heterocycles. The molecule has 1 aliphatic rings. The van der Waals surface area contributed by atoms with Crippen LogP contribution in [0, 0.1) is 0 Å². The van der Waals surface area contributed by atoms with Crippen molar-refractivity contribution in [2.75, 3.05) is 19.1 Å². The zero-order valence-corrected chi connectivity index (χ0v) is 14.7. The molecule has 1 saturated heterocycles. The van der Waals surface area contributed by atoms with Crippen LogP contribution in [-0.2, 0) is 4.79 Å². The van der Waals surface area contributed by atoms with Crippen LogP contribution in [-0.4, -0.2) is 28.9 Å². The molecule has 24 heavy (non-hydrogen) atoms. The number of ether oxygens (including phenoxy) is 1. The number of carbonyl (C=O) groups is 1. The lowest BCUT2D eigenvalue weighted by Crippen LogP contribution is -2.33. The van der Waals surface area contributed by atoms with Gasteiger partial charge in [-0.1, -0.05) is 66.4 Å². The molecule has 0 aromatic heterocycles. The summed E-state index contributed by atoms with van der Waals surface area (Å²) >= 11 is 6.66. The van der Waals surface area contributed by atoms with Crippen molar-refractivity contribution in [1.29, 1.82) is 0 Å². The van der Waals surface area contributed by atoms with Crippen molar-refractivity contribution in [2.24, 2.45) is 0 Å². The van der Waals surface area contributed by atoms with Gasteiger partial charge in [0.1, 0.15) is 10.1 Å². The highest BCUT2D eigenvalue weighted by atomic mass is 32.2. The number of anilines is 1. The first-order valence-electron chi connectivity index (χ1n) is 7.36. The number of amides is 1. The summed E-state index contributed by atoms with van der Waals surface area (Å²) in [5, 5.41) is 3.20. The van der Waals surface area contributed by atoms with E-state index in [0.29, 0.717) is 15.9 Å². The Bertz CT molecular complexity index is 791. The Labute approximate surface area is 150 Å². The van der Waals surface area contributed by atoms with Crippen LogP contribution < -0.4 is 10.1 Å². The second-order valence-electron chi connectivity index (χ2n) is 5.06. The van der Waals surface area contributed by atoms with Crippen molar-refractivity contribution < 1.29 is 9.53 Å². The van der Waals surface area contributed by atoms with Crippen LogP contribution in [0.5, 0.6) is 5.75 Å². The molecule has 2 aromatic carbocycles. The molecular formula is C18H16N2O2S2. The minimum Gasteiger partial charge on any atom is -0.495 e. The van der Waals surface area contributed by atoms with Crippen molar-refractivity contribution in [3.63, 3.8) is 0 Å². The van der Waals surface area contributed by atoms with E-state index in [1.807, 2.05) is 60.7 Å². The van der Waals surface area contributed by atoms with Crippen LogP contribution in [0.25, 0.3) is 6.08 Å². The first kappa shape index (κ1) is 16.5. The van der Waals surface area contributed by atoms with Crippen LogP contribution in [0.4, 0.5) is 5.69 Å². The molecule has 0 aliphatic carbocycles. The monoisotopic (exact) mass is 356 g/mol. The summed E-state index contributed by atoms with van der Waals surface area (Å²) in [5.41, 5.74) is 1.80. The largest absolute Gasteiger partial charge is 0.495 e. The number of carbonyl (C=O) groups excluding carboxylic acids is 1. The van der Waals surface area contributed by atoms with E-state index in [1.165, 1.54) is 11.8 Å². The van der Waals surface area contributed by atoms with Gasteiger partial charge in [0.2, 0.25) is 0 Å². The van der Waals surface area contributed by atoms with E-state index in [4.69, 9.17) is 17.0 Å². The summed E-state index contributed by atoms with van der Waals surface area (Å²) in [6.07, 6.45) is 1.86. The van der Waals surface area contributed by atoms with Crippen LogP contribution >= 0.6 is 24.0 Å². The molecule has 0 bridgehead atoms. The Morgan fingerprint density at radius 2 is 1.88 bits per heavy atom. The van der Waals surface area contributed by atoms with Gasteiger partial charge in [0, 0.05) is 0 Å². The van der Waals surface area contributed by atoms with E-state index in [1.54, 1.807) is 12.0 Å². The highest BCUT2D eigenvalue weighted by Crippen LogP contribution is 2.33. The van der Waals surface area contributed by atoms with Crippen LogP contribution in [0.1, 0.15) is 5.56 Å². The van der Waals surface area contributed by atoms with Gasteiger partial charge in [-0.05, 0) is 23.8 Å². The second-order valence-corrected chi connectivity index (χ2v) is 6.73. The third-order valence-corrected chi connectivity index (χ3v) is 4.88. The summed E-state index contributed by atoms with van der Waals surface area (Å²) in [7, 11) is 1.61. The smallest absolute Gasteiger partial charge is 0.267 e. The molecule has 0 saturated carbocycles. The minimum atomic E-state index is -0.0868. The van der Waals surface area contributed by atoms with Gasteiger partial charge >= 0.3 is 0 Å². The van der Waals surface area contributed by atoms with E-state index in [-0.39, 0.29) is 5.91 Å². The fraction of sp³-hybridized carbons (Fsp3) is 0.111. The number of nitrogens with one attached hydrogen (secondary N) is 1. The SMILES string of the molecule is COc1ccccc1NCN1C(=O)/C(=C\c2ccccc2)SC1=S. The summed E-state index contributed by atoms with van der Waals surface area (Å²) in [6, 6.07) is 17.3. The molecule has 1 heterocycles. The van der Waals surface area contributed by atoms with E-state index >= 15 is 0 Å². The van der Waals surface area contributed by atoms with Gasteiger partial charge in [-0.2, -0.15) is 0 Å². The van der Waals surface area contributed by atoms with E-state index < -0.39 is 0 Å². The maximum atomic E-state index is 12.6. The number of methoxy groups -OCH3 is 1. The molecule has 0 radical (unpaired) electrons. The van der Waals surface area contributed by atoms with Gasteiger partial charge in [-0.15, -0.1) is 0 Å². The lowest BCUT2D eigenvalue weighted by atomic mass is 10.2. The van der Waals surface area contributed by atoms with E-state index in [2.05, 4.69) is 5.32 Å². The number of nitrogens with zero attached hydrogens (tertiary/aromatic N) is 1. The molecule has 6 heteroatoms. The zero-order chi connectivity index (χ0) is 16.9. The summed E-state index contributed by atoms with van der Waals surface area (Å²) < 4.78 is 5.84. The van der Waals surface area contributed by atoms with Gasteiger partial charge in [-0.25, -0.2) is 0 Å². The Morgan fingerprint density at radius 1 is 1.17 bits per heavy atom. The Hall–Kier alpha value is -2.31. The average molecular weight is 356 g/mol. The molecule has 4 nitrogen and oxygen atoms in total. The zero-order valence-electron chi connectivity index (χ0n) is 13.1. The average Bonchev–Trinajstić information content (AvgIpc) is 2.87. The predicted molar refractivity (Wildman–Crippen MR) is 103 cm³/mol. The van der Waals surface area contributed by atoms with Gasteiger partial charge in [0.05, 0.1) is 24.4 Å². The van der Waals surface area contributed by atoms with Gasteiger partial charge in [0.25, 0.3) is 5.91 Å². The third-order valence-electron chi connectivity index (χ3n) is 3.51. The number of hydrogen-bond donors (Lipinski definition) is 1. The first-order chi connectivity index (χ1) is 11.7. The fourth-order valence-electron chi connectivity index (χ4n) is 2.29. The molecule has 122 valence electrons. The van der Waals surface area contributed by atoms with Crippen LogP contribution in [0.2, 0.25) is 0 Å². The third kappa shape index (κ3) is 3.60. The predicted octanol–water partition coefficient (Wildman–Crippen LogP) is 3.97. The Balaban J connectivity index is 1.72. The van der Waals surface area contributed by atoms with Crippen LogP contribution in [0.3, 0.4) is 0 Å². The maximum Gasteiger partial charge on any atom is 0.267 e. The van der Waals surface area contributed by atoms with Gasteiger partial charge in [0.15, 0.2) is 0 Å². The molecule has 0 spiro atoms. The Kier molecular flexibility index (Phi) is 5.17. The molecular weight excluding hydrogens is 340 g/mol. The maximum absolute atomic E-state index is 12.6. The van der Waals surface area contributed by atoms with Gasteiger partial charge in [-0.3, -0.25) is 9.69 Å². The number of thioether (sulfide) groups is 1. The van der Waals surface area contributed by atoms with Crippen molar-refractivity contribution in [2.45, 2.75) is 0 Å². The van der Waals surface area contributed by atoms with Crippen molar-refractivity contribution in [3.05, 3.63) is 65.1 Å². The Morgan fingerprint density at radius 3 is 2.62 bits per heavy atom. The molecule has 1 amide bonds. The lowest BCUT2D eigenvalue weighted by Gasteiger charge is -2.17. The molecule has 3 rings (SSSR count). The molecule has 0 unspecified atom stereocenters.